The molecule has 0 aliphatic carbocycles. The topological polar surface area (TPSA) is 38.7 Å². The molecule has 0 saturated heterocycles. The van der Waals surface area contributed by atoms with Crippen molar-refractivity contribution in [1.82, 2.24) is 15.0 Å². The molecule has 106 heavy (non-hydrogen) atoms. The highest BCUT2D eigenvalue weighted by atomic mass is 15.0. The number of aromatic nitrogens is 3. The van der Waals surface area contributed by atoms with Crippen LogP contribution in [-0.2, 0) is 0 Å². The molecule has 0 saturated carbocycles. The minimum atomic E-state index is 0.573. The van der Waals surface area contributed by atoms with Gasteiger partial charge < -0.3 is 0 Å². The Bertz CT molecular complexity index is 6050. The van der Waals surface area contributed by atoms with E-state index in [-0.39, 0.29) is 0 Å². The van der Waals surface area contributed by atoms with Gasteiger partial charge in [-0.15, -0.1) is 0 Å². The largest absolute Gasteiger partial charge is 0.208 e. The first-order valence-corrected chi connectivity index (χ1v) is 36.2. The molecule has 0 atom stereocenters. The Labute approximate surface area is 617 Å². The quantitative estimate of drug-likeness (QED) is 0.109. The molecule has 18 aromatic carbocycles. The molecule has 0 N–H and O–H groups in total. The molecule has 0 fully saturated rings. The predicted octanol–water partition coefficient (Wildman–Crippen LogP) is 27.8. The molecule has 0 aliphatic rings. The maximum Gasteiger partial charge on any atom is 0.164 e. The van der Waals surface area contributed by atoms with E-state index in [2.05, 4.69) is 406 Å². The first kappa shape index (κ1) is 63.0. The predicted molar refractivity (Wildman–Crippen MR) is 446 cm³/mol. The molecule has 0 unspecified atom stereocenters. The van der Waals surface area contributed by atoms with Gasteiger partial charge in [-0.1, -0.05) is 303 Å². The van der Waals surface area contributed by atoms with Crippen LogP contribution in [0.2, 0.25) is 0 Å². The van der Waals surface area contributed by atoms with Gasteiger partial charge in [-0.25, -0.2) is 15.0 Å². The minimum Gasteiger partial charge on any atom is -0.208 e. The highest BCUT2D eigenvalue weighted by Crippen LogP contribution is 2.42. The van der Waals surface area contributed by atoms with Crippen LogP contribution < -0.4 is 0 Å². The van der Waals surface area contributed by atoms with E-state index in [1.165, 1.54) is 70.9 Å². The second kappa shape index (κ2) is 27.4. The van der Waals surface area contributed by atoms with E-state index in [0.29, 0.717) is 17.5 Å². The average Bonchev–Trinajstić information content (AvgIpc) is 0.790. The van der Waals surface area contributed by atoms with E-state index < -0.39 is 0 Å². The molecule has 0 radical (unpaired) electrons. The monoisotopic (exact) mass is 1350 g/mol. The first-order chi connectivity index (χ1) is 52.4. The van der Waals surface area contributed by atoms with Crippen molar-refractivity contribution in [1.29, 1.82) is 0 Å². The van der Waals surface area contributed by atoms with E-state index in [1.807, 2.05) is 0 Å². The fourth-order valence-electron chi connectivity index (χ4n) is 15.1. The van der Waals surface area contributed by atoms with Crippen molar-refractivity contribution in [3.05, 3.63) is 406 Å². The van der Waals surface area contributed by atoms with Crippen molar-refractivity contribution in [2.24, 2.45) is 0 Å². The van der Waals surface area contributed by atoms with E-state index in [4.69, 9.17) is 15.0 Å². The van der Waals surface area contributed by atoms with Crippen molar-refractivity contribution in [2.45, 2.75) is 0 Å². The number of benzene rings is 18. The molecule has 3 nitrogen and oxygen atoms in total. The smallest absolute Gasteiger partial charge is 0.164 e. The fourth-order valence-corrected chi connectivity index (χ4v) is 15.1. The Morgan fingerprint density at radius 2 is 0.255 bits per heavy atom. The van der Waals surface area contributed by atoms with Crippen LogP contribution in [0, 0.1) is 0 Å². The first-order valence-electron chi connectivity index (χ1n) is 36.2. The van der Waals surface area contributed by atoms with Gasteiger partial charge >= 0.3 is 0 Å². The zero-order valence-electron chi connectivity index (χ0n) is 58.0. The molecule has 0 bridgehead atoms. The number of hydrogen-bond acceptors (Lipinski definition) is 3. The average molecular weight is 1350 g/mol. The minimum absolute atomic E-state index is 0.573. The van der Waals surface area contributed by atoms with Crippen LogP contribution in [0.3, 0.4) is 0 Å². The second-order valence-corrected chi connectivity index (χ2v) is 27.6. The van der Waals surface area contributed by atoms with Crippen LogP contribution in [-0.4, -0.2) is 15.0 Å². The maximum atomic E-state index is 5.51. The van der Waals surface area contributed by atoms with Crippen molar-refractivity contribution in [3.8, 4) is 157 Å². The van der Waals surface area contributed by atoms with Gasteiger partial charge in [0.1, 0.15) is 0 Å². The van der Waals surface area contributed by atoms with Crippen LogP contribution in [0.25, 0.3) is 200 Å². The van der Waals surface area contributed by atoms with Crippen molar-refractivity contribution >= 4 is 43.1 Å². The summed E-state index contributed by atoms with van der Waals surface area (Å²) in [6.45, 7) is 0. The highest BCUT2D eigenvalue weighted by Gasteiger charge is 2.19. The number of rotatable bonds is 14. The lowest BCUT2D eigenvalue weighted by Crippen LogP contribution is -2.00. The zero-order valence-corrected chi connectivity index (χ0v) is 58.0. The molecular formula is C103H67N3. The summed E-state index contributed by atoms with van der Waals surface area (Å²) in [7, 11) is 0. The molecule has 0 spiro atoms. The summed E-state index contributed by atoms with van der Waals surface area (Å²) in [5, 5.41) is 9.65. The van der Waals surface area contributed by atoms with E-state index in [1.54, 1.807) is 0 Å². The summed E-state index contributed by atoms with van der Waals surface area (Å²) in [4.78, 5) is 16.5. The Kier molecular flexibility index (Phi) is 16.3. The Morgan fingerprint density at radius 1 is 0.0943 bits per heavy atom. The molecule has 19 aromatic rings. The molecule has 1 aromatic heterocycles. The molecule has 494 valence electrons. The SMILES string of the molecule is c1ccc(-c2cc(-c3ccccc3)cc(-c3ccc(-c4cccc(-c5cccc(-c6nc(-c7cccc(-c8cc(-c9ccc%10ccccc%10c9)cc(-c9ccc%10ccccc%10c9)c8)c7)nc(-c7cccc(-c8cc(-c9ccc%10ccccc%10c9)cc(-c9ccc%10ccccc%10c9)c8)c7)n6)c5)c4)cc3)c2)cc1. The fraction of sp³-hybridized carbons (Fsp3) is 0. The summed E-state index contributed by atoms with van der Waals surface area (Å²) >= 11 is 0. The van der Waals surface area contributed by atoms with Crippen LogP contribution in [0.5, 0.6) is 0 Å². The van der Waals surface area contributed by atoms with Gasteiger partial charge in [-0.05, 0) is 269 Å². The molecule has 0 aliphatic heterocycles. The van der Waals surface area contributed by atoms with Gasteiger partial charge in [0.25, 0.3) is 0 Å². The Balaban J connectivity index is 0.722. The van der Waals surface area contributed by atoms with E-state index in [9.17, 15) is 0 Å². The van der Waals surface area contributed by atoms with Gasteiger partial charge in [0.05, 0.1) is 0 Å². The molecular weight excluding hydrogens is 1280 g/mol. The summed E-state index contributed by atoms with van der Waals surface area (Å²) < 4.78 is 0. The summed E-state index contributed by atoms with van der Waals surface area (Å²) in [5.74, 6) is 1.72. The summed E-state index contributed by atoms with van der Waals surface area (Å²) in [5.41, 5.74) is 27.5. The molecule has 1 heterocycles. The third-order valence-corrected chi connectivity index (χ3v) is 20.8. The number of hydrogen-bond donors (Lipinski definition) is 0. The lowest BCUT2D eigenvalue weighted by Gasteiger charge is -2.14. The van der Waals surface area contributed by atoms with E-state index >= 15 is 0 Å². The van der Waals surface area contributed by atoms with Crippen molar-refractivity contribution < 1.29 is 0 Å². The molecule has 0 amide bonds. The summed E-state index contributed by atoms with van der Waals surface area (Å²) in [6, 6.07) is 148. The number of nitrogens with zero attached hydrogens (tertiary/aromatic N) is 3. The lowest BCUT2D eigenvalue weighted by atomic mass is 9.91. The standard InChI is InChI=1S/C103H67N3/c1-3-19-68(20-4-1)92-59-93(69-21-5-2-6-22-69)61-94(60-92)75-41-39-74(40-42-75)80-31-15-32-81(51-80)82-33-16-36-89(56-82)101-104-102(90-37-17-34-83(57-90)95-62-97(85-47-43-70-23-7-11-27-76(70)52-85)66-98(63-95)86-48-44-71-24-8-12-28-77(71)53-86)106-103(105-101)91-38-18-35-84(58-91)96-64-99(87-49-45-72-25-9-13-29-78(72)54-87)67-100(65-96)88-50-46-73-26-10-14-30-79(73)55-88/h1-67H. The van der Waals surface area contributed by atoms with Gasteiger partial charge in [0, 0.05) is 16.7 Å². The van der Waals surface area contributed by atoms with Crippen LogP contribution >= 0.6 is 0 Å². The summed E-state index contributed by atoms with van der Waals surface area (Å²) in [6.07, 6.45) is 0. The van der Waals surface area contributed by atoms with Gasteiger partial charge in [0.15, 0.2) is 17.5 Å². The molecule has 19 rings (SSSR count). The second-order valence-electron chi connectivity index (χ2n) is 27.6. The maximum absolute atomic E-state index is 5.51. The Morgan fingerprint density at radius 3 is 0.538 bits per heavy atom. The zero-order chi connectivity index (χ0) is 70.3. The van der Waals surface area contributed by atoms with Crippen LogP contribution in [0.15, 0.2) is 406 Å². The third kappa shape index (κ3) is 12.8. The van der Waals surface area contributed by atoms with Crippen molar-refractivity contribution in [2.75, 3.05) is 0 Å². The van der Waals surface area contributed by atoms with Crippen LogP contribution in [0.4, 0.5) is 0 Å². The third-order valence-electron chi connectivity index (χ3n) is 20.8. The lowest BCUT2D eigenvalue weighted by molar-refractivity contribution is 1.07. The Hall–Kier alpha value is -14.0. The van der Waals surface area contributed by atoms with Gasteiger partial charge in [-0.2, -0.15) is 0 Å². The normalized spacial score (nSPS) is 11.4. The van der Waals surface area contributed by atoms with Gasteiger partial charge in [-0.3, -0.25) is 0 Å². The van der Waals surface area contributed by atoms with Crippen molar-refractivity contribution in [3.63, 3.8) is 0 Å². The highest BCUT2D eigenvalue weighted by molar-refractivity contribution is 5.95. The van der Waals surface area contributed by atoms with Gasteiger partial charge in [0.2, 0.25) is 0 Å². The number of fused-ring (bicyclic) bond motifs is 4. The molecule has 3 heteroatoms. The van der Waals surface area contributed by atoms with Crippen LogP contribution in [0.1, 0.15) is 0 Å². The van der Waals surface area contributed by atoms with E-state index in [0.717, 1.165) is 111 Å².